The van der Waals surface area contributed by atoms with Crippen LogP contribution in [0.15, 0.2) is 77.7 Å². The second-order valence-electron chi connectivity index (χ2n) is 7.37. The number of amides is 2. The summed E-state index contributed by atoms with van der Waals surface area (Å²) in [6.07, 6.45) is -0.0387. The minimum absolute atomic E-state index is 0.0387. The molecular weight excluding hydrogens is 442 g/mol. The maximum absolute atomic E-state index is 13.3. The van der Waals surface area contributed by atoms with Gasteiger partial charge in [0, 0.05) is 24.8 Å². The third kappa shape index (κ3) is 5.76. The largest absolute Gasteiger partial charge is 0.495 e. The molecule has 0 heterocycles. The number of sulfonamides is 1. The van der Waals surface area contributed by atoms with E-state index in [4.69, 9.17) is 10.5 Å². The Morgan fingerprint density at radius 2 is 1.67 bits per heavy atom. The Morgan fingerprint density at radius 3 is 2.33 bits per heavy atom. The van der Waals surface area contributed by atoms with Gasteiger partial charge in [-0.1, -0.05) is 48.5 Å². The van der Waals surface area contributed by atoms with Crippen LogP contribution in [0.25, 0.3) is 0 Å². The smallest absolute Gasteiger partial charge is 0.255 e. The zero-order valence-corrected chi connectivity index (χ0v) is 19.1. The number of hydrogen-bond acceptors (Lipinski definition) is 5. The molecule has 0 aliphatic carbocycles. The molecule has 0 saturated heterocycles. The number of carbonyl (C=O) groups is 2. The number of para-hydroxylation sites is 1. The summed E-state index contributed by atoms with van der Waals surface area (Å²) in [5, 5.41) is 2.72. The molecule has 33 heavy (non-hydrogen) atoms. The van der Waals surface area contributed by atoms with Gasteiger partial charge < -0.3 is 15.8 Å². The molecule has 0 radical (unpaired) electrons. The zero-order valence-electron chi connectivity index (χ0n) is 18.3. The Hall–Kier alpha value is -3.69. The van der Waals surface area contributed by atoms with Gasteiger partial charge in [-0.15, -0.1) is 0 Å². The topological polar surface area (TPSA) is 119 Å². The van der Waals surface area contributed by atoms with E-state index in [1.165, 1.54) is 36.7 Å². The van der Waals surface area contributed by atoms with Gasteiger partial charge >= 0.3 is 0 Å². The third-order valence-corrected chi connectivity index (χ3v) is 6.82. The van der Waals surface area contributed by atoms with Crippen molar-refractivity contribution in [1.29, 1.82) is 0 Å². The summed E-state index contributed by atoms with van der Waals surface area (Å²) in [6, 6.07) is 20.1. The average molecular weight is 468 g/mol. The van der Waals surface area contributed by atoms with Gasteiger partial charge in [0.05, 0.1) is 13.5 Å². The number of methoxy groups -OCH3 is 1. The van der Waals surface area contributed by atoms with Crippen LogP contribution in [0.4, 0.5) is 5.69 Å². The highest BCUT2D eigenvalue weighted by atomic mass is 32.2. The zero-order chi connectivity index (χ0) is 24.0. The van der Waals surface area contributed by atoms with Crippen LogP contribution in [-0.4, -0.2) is 38.7 Å². The third-order valence-electron chi connectivity index (χ3n) is 4.99. The van der Waals surface area contributed by atoms with Gasteiger partial charge in [-0.25, -0.2) is 8.42 Å². The maximum atomic E-state index is 13.3. The molecule has 0 bridgehead atoms. The maximum Gasteiger partial charge on any atom is 0.255 e. The molecule has 3 N–H and O–H groups in total. The van der Waals surface area contributed by atoms with E-state index in [2.05, 4.69) is 5.32 Å². The molecule has 0 aliphatic heterocycles. The quantitative estimate of drug-likeness (QED) is 0.502. The van der Waals surface area contributed by atoms with Crippen LogP contribution in [0, 0.1) is 0 Å². The number of anilines is 1. The van der Waals surface area contributed by atoms with Crippen molar-refractivity contribution in [2.45, 2.75) is 17.9 Å². The summed E-state index contributed by atoms with van der Waals surface area (Å²) >= 11 is 0. The van der Waals surface area contributed by atoms with E-state index in [0.717, 1.165) is 5.56 Å². The van der Waals surface area contributed by atoms with Crippen LogP contribution in [0.1, 0.15) is 21.5 Å². The molecule has 3 rings (SSSR count). The van der Waals surface area contributed by atoms with Gasteiger partial charge in [0.15, 0.2) is 0 Å². The number of ether oxygens (including phenoxy) is 1. The minimum Gasteiger partial charge on any atom is -0.495 e. The summed E-state index contributed by atoms with van der Waals surface area (Å²) in [7, 11) is -1.13. The van der Waals surface area contributed by atoms with Gasteiger partial charge in [-0.05, 0) is 35.4 Å². The van der Waals surface area contributed by atoms with E-state index in [1.807, 2.05) is 30.3 Å². The van der Waals surface area contributed by atoms with Crippen LogP contribution in [0.5, 0.6) is 5.75 Å². The van der Waals surface area contributed by atoms with E-state index in [0.29, 0.717) is 11.3 Å². The Labute approximate surface area is 193 Å². The van der Waals surface area contributed by atoms with Crippen LogP contribution >= 0.6 is 0 Å². The SMILES string of the molecule is COc1ccc(C(=O)Nc2ccccc2CC(N)=O)cc1S(=O)(=O)N(C)Cc1ccccc1. The lowest BCUT2D eigenvalue weighted by atomic mass is 10.1. The summed E-state index contributed by atoms with van der Waals surface area (Å²) in [5.74, 6) is -0.937. The van der Waals surface area contributed by atoms with Crippen molar-refractivity contribution >= 4 is 27.5 Å². The van der Waals surface area contributed by atoms with Crippen molar-refractivity contribution in [2.75, 3.05) is 19.5 Å². The van der Waals surface area contributed by atoms with Crippen LogP contribution in [-0.2, 0) is 27.8 Å². The van der Waals surface area contributed by atoms with Crippen molar-refractivity contribution in [1.82, 2.24) is 4.31 Å². The molecule has 0 atom stereocenters. The molecule has 3 aromatic carbocycles. The van der Waals surface area contributed by atoms with Crippen LogP contribution in [0.3, 0.4) is 0 Å². The first-order valence-corrected chi connectivity index (χ1v) is 11.5. The van der Waals surface area contributed by atoms with Crippen molar-refractivity contribution in [3.8, 4) is 5.75 Å². The molecule has 0 aliphatic rings. The highest BCUT2D eigenvalue weighted by Crippen LogP contribution is 2.29. The highest BCUT2D eigenvalue weighted by Gasteiger charge is 2.26. The summed E-state index contributed by atoms with van der Waals surface area (Å²) < 4.78 is 33.0. The number of nitrogens with zero attached hydrogens (tertiary/aromatic N) is 1. The molecule has 2 amide bonds. The molecule has 0 aromatic heterocycles. The monoisotopic (exact) mass is 467 g/mol. The fraction of sp³-hybridized carbons (Fsp3) is 0.167. The van der Waals surface area contributed by atoms with E-state index in [-0.39, 0.29) is 29.2 Å². The normalized spacial score (nSPS) is 11.2. The number of nitrogens with two attached hydrogens (primary N) is 1. The van der Waals surface area contributed by atoms with Gasteiger partial charge in [-0.2, -0.15) is 4.31 Å². The van der Waals surface area contributed by atoms with Crippen LogP contribution < -0.4 is 15.8 Å². The number of hydrogen-bond donors (Lipinski definition) is 2. The molecule has 0 unspecified atom stereocenters. The lowest BCUT2D eigenvalue weighted by Crippen LogP contribution is -2.27. The van der Waals surface area contributed by atoms with Crippen molar-refractivity contribution < 1.29 is 22.7 Å². The average Bonchev–Trinajstić information content (AvgIpc) is 2.80. The Balaban J connectivity index is 1.91. The molecule has 3 aromatic rings. The molecule has 0 spiro atoms. The van der Waals surface area contributed by atoms with E-state index in [9.17, 15) is 18.0 Å². The standard InChI is InChI=1S/C24H25N3O5S/c1-27(16-17-8-4-3-5-9-17)33(30,31)22-14-19(12-13-21(22)32-2)24(29)26-20-11-7-6-10-18(20)15-23(25)28/h3-14H,15-16H2,1-2H3,(H2,25,28)(H,26,29). The van der Waals surface area contributed by atoms with E-state index >= 15 is 0 Å². The first-order chi connectivity index (χ1) is 15.7. The predicted octanol–water partition coefficient (Wildman–Crippen LogP) is 2.80. The van der Waals surface area contributed by atoms with Crippen LogP contribution in [0.2, 0.25) is 0 Å². The molecule has 172 valence electrons. The van der Waals surface area contributed by atoms with Gasteiger partial charge in [0.1, 0.15) is 10.6 Å². The number of carbonyl (C=O) groups excluding carboxylic acids is 2. The Bertz CT molecular complexity index is 1260. The first-order valence-electron chi connectivity index (χ1n) is 10.1. The molecule has 9 heteroatoms. The fourth-order valence-electron chi connectivity index (χ4n) is 3.29. The second kappa shape index (κ2) is 10.3. The minimum atomic E-state index is -3.97. The summed E-state index contributed by atoms with van der Waals surface area (Å²) in [4.78, 5) is 24.1. The molecule has 0 saturated carbocycles. The van der Waals surface area contributed by atoms with E-state index in [1.54, 1.807) is 24.3 Å². The molecular formula is C24H25N3O5S. The lowest BCUT2D eigenvalue weighted by molar-refractivity contribution is -0.117. The number of nitrogens with one attached hydrogen (secondary N) is 1. The Kier molecular flexibility index (Phi) is 7.47. The summed E-state index contributed by atoms with van der Waals surface area (Å²) in [6.45, 7) is 0.156. The second-order valence-corrected chi connectivity index (χ2v) is 9.38. The predicted molar refractivity (Wildman–Crippen MR) is 125 cm³/mol. The number of benzene rings is 3. The highest BCUT2D eigenvalue weighted by molar-refractivity contribution is 7.89. The van der Waals surface area contributed by atoms with Crippen molar-refractivity contribution in [3.63, 3.8) is 0 Å². The number of rotatable bonds is 9. The summed E-state index contributed by atoms with van der Waals surface area (Å²) in [5.41, 5.74) is 7.20. The molecule has 0 fully saturated rings. The van der Waals surface area contributed by atoms with Gasteiger partial charge in [0.25, 0.3) is 5.91 Å². The first kappa shape index (κ1) is 24.0. The Morgan fingerprint density at radius 1 is 1.00 bits per heavy atom. The van der Waals surface area contributed by atoms with Crippen molar-refractivity contribution in [3.05, 3.63) is 89.5 Å². The van der Waals surface area contributed by atoms with Crippen molar-refractivity contribution in [2.24, 2.45) is 5.73 Å². The van der Waals surface area contributed by atoms with E-state index < -0.39 is 21.8 Å². The fourth-order valence-corrected chi connectivity index (χ4v) is 4.63. The van der Waals surface area contributed by atoms with Gasteiger partial charge in [-0.3, -0.25) is 9.59 Å². The number of primary amides is 1. The lowest BCUT2D eigenvalue weighted by Gasteiger charge is -2.19. The molecule has 8 nitrogen and oxygen atoms in total. The van der Waals surface area contributed by atoms with Gasteiger partial charge in [0.2, 0.25) is 15.9 Å².